The fourth-order valence-corrected chi connectivity index (χ4v) is 2.20. The molecule has 5 heteroatoms. The average Bonchev–Trinajstić information content (AvgIpc) is 2.62. The Morgan fingerprint density at radius 3 is 2.59 bits per heavy atom. The topological polar surface area (TPSA) is 66.9 Å². The van der Waals surface area contributed by atoms with E-state index in [9.17, 15) is 4.79 Å². The van der Waals surface area contributed by atoms with Crippen molar-refractivity contribution in [2.24, 2.45) is 5.92 Å². The molecule has 1 aromatic heterocycles. The van der Waals surface area contributed by atoms with Crippen LogP contribution in [-0.2, 0) is 4.79 Å². The zero-order valence-electron chi connectivity index (χ0n) is 10.4. The first-order chi connectivity index (χ1) is 8.06. The number of carbonyl (C=O) groups excluding carboxylic acids is 1. The molecule has 0 aromatic carbocycles. The summed E-state index contributed by atoms with van der Waals surface area (Å²) in [6.45, 7) is 6.71. The first-order valence-electron chi connectivity index (χ1n) is 5.93. The number of nitrogens with zero attached hydrogens (tertiary/aromatic N) is 2. The molecule has 2 rings (SSSR count). The molecule has 2 unspecified atom stereocenters. The van der Waals surface area contributed by atoms with Crippen molar-refractivity contribution in [3.05, 3.63) is 17.5 Å². The van der Waals surface area contributed by atoms with E-state index < -0.39 is 0 Å². The lowest BCUT2D eigenvalue weighted by molar-refractivity contribution is -0.120. The molecule has 92 valence electrons. The molecule has 0 spiro atoms. The SMILES string of the molecule is Cc1cc(C)nc(NC(=O)C2CCNC2C)n1. The van der Waals surface area contributed by atoms with Crippen molar-refractivity contribution in [1.29, 1.82) is 0 Å². The van der Waals surface area contributed by atoms with Gasteiger partial charge in [0.15, 0.2) is 0 Å². The highest BCUT2D eigenvalue weighted by molar-refractivity contribution is 5.91. The molecular weight excluding hydrogens is 216 g/mol. The summed E-state index contributed by atoms with van der Waals surface area (Å²) in [7, 11) is 0. The summed E-state index contributed by atoms with van der Waals surface area (Å²) in [6.07, 6.45) is 0.873. The molecule has 1 saturated heterocycles. The summed E-state index contributed by atoms with van der Waals surface area (Å²) < 4.78 is 0. The van der Waals surface area contributed by atoms with E-state index in [1.165, 1.54) is 0 Å². The van der Waals surface area contributed by atoms with E-state index in [1.807, 2.05) is 26.8 Å². The van der Waals surface area contributed by atoms with Crippen molar-refractivity contribution in [2.45, 2.75) is 33.2 Å². The molecule has 2 N–H and O–H groups in total. The zero-order chi connectivity index (χ0) is 12.4. The van der Waals surface area contributed by atoms with Gasteiger partial charge in [-0.25, -0.2) is 9.97 Å². The second-order valence-corrected chi connectivity index (χ2v) is 4.60. The standard InChI is InChI=1S/C12H18N4O/c1-7-6-8(2)15-12(14-7)16-11(17)10-4-5-13-9(10)3/h6,9-10,13H,4-5H2,1-3H3,(H,14,15,16,17). The van der Waals surface area contributed by atoms with E-state index in [0.717, 1.165) is 24.4 Å². The zero-order valence-corrected chi connectivity index (χ0v) is 10.4. The minimum Gasteiger partial charge on any atom is -0.313 e. The molecular formula is C12H18N4O. The Kier molecular flexibility index (Phi) is 3.38. The number of carbonyl (C=O) groups is 1. The molecule has 17 heavy (non-hydrogen) atoms. The maximum Gasteiger partial charge on any atom is 0.231 e. The number of anilines is 1. The Morgan fingerprint density at radius 2 is 2.06 bits per heavy atom. The Balaban J connectivity index is 2.07. The monoisotopic (exact) mass is 234 g/mol. The van der Waals surface area contributed by atoms with Gasteiger partial charge in [-0.05, 0) is 39.8 Å². The number of hydrogen-bond donors (Lipinski definition) is 2. The molecule has 1 aliphatic rings. The molecule has 0 bridgehead atoms. The number of aromatic nitrogens is 2. The molecule has 1 amide bonds. The van der Waals surface area contributed by atoms with Crippen LogP contribution in [0.25, 0.3) is 0 Å². The lowest BCUT2D eigenvalue weighted by Crippen LogP contribution is -2.32. The third-order valence-corrected chi connectivity index (χ3v) is 3.08. The minimum absolute atomic E-state index is 0.00694. The van der Waals surface area contributed by atoms with Gasteiger partial charge < -0.3 is 5.32 Å². The molecule has 1 aliphatic heterocycles. The van der Waals surface area contributed by atoms with Crippen molar-refractivity contribution in [2.75, 3.05) is 11.9 Å². The van der Waals surface area contributed by atoms with Crippen LogP contribution in [0.3, 0.4) is 0 Å². The van der Waals surface area contributed by atoms with Crippen LogP contribution in [-0.4, -0.2) is 28.5 Å². The van der Waals surface area contributed by atoms with Crippen LogP contribution in [0.4, 0.5) is 5.95 Å². The van der Waals surface area contributed by atoms with Crippen molar-refractivity contribution in [1.82, 2.24) is 15.3 Å². The number of aryl methyl sites for hydroxylation is 2. The van der Waals surface area contributed by atoms with Crippen LogP contribution in [0, 0.1) is 19.8 Å². The highest BCUT2D eigenvalue weighted by Gasteiger charge is 2.29. The number of hydrogen-bond acceptors (Lipinski definition) is 4. The van der Waals surface area contributed by atoms with Crippen LogP contribution < -0.4 is 10.6 Å². The van der Waals surface area contributed by atoms with Gasteiger partial charge in [-0.2, -0.15) is 0 Å². The van der Waals surface area contributed by atoms with E-state index in [2.05, 4.69) is 20.6 Å². The summed E-state index contributed by atoms with van der Waals surface area (Å²) in [5.41, 5.74) is 1.73. The van der Waals surface area contributed by atoms with Crippen LogP contribution in [0.1, 0.15) is 24.7 Å². The summed E-state index contributed by atoms with van der Waals surface area (Å²) in [6, 6.07) is 2.11. The van der Waals surface area contributed by atoms with Gasteiger partial charge in [0, 0.05) is 17.4 Å². The van der Waals surface area contributed by atoms with Gasteiger partial charge in [0.05, 0.1) is 5.92 Å². The average molecular weight is 234 g/mol. The normalized spacial score (nSPS) is 23.7. The molecule has 0 saturated carbocycles. The highest BCUT2D eigenvalue weighted by Crippen LogP contribution is 2.16. The number of nitrogens with one attached hydrogen (secondary N) is 2. The molecule has 5 nitrogen and oxygen atoms in total. The largest absolute Gasteiger partial charge is 0.313 e. The third kappa shape index (κ3) is 2.79. The van der Waals surface area contributed by atoms with Crippen molar-refractivity contribution in [3.63, 3.8) is 0 Å². The van der Waals surface area contributed by atoms with E-state index in [1.54, 1.807) is 0 Å². The van der Waals surface area contributed by atoms with Crippen LogP contribution >= 0.6 is 0 Å². The van der Waals surface area contributed by atoms with Gasteiger partial charge in [0.2, 0.25) is 11.9 Å². The molecule has 0 aliphatic carbocycles. The fraction of sp³-hybridized carbons (Fsp3) is 0.583. The maximum absolute atomic E-state index is 12.0. The molecule has 1 aromatic rings. The molecule has 0 radical (unpaired) electrons. The van der Waals surface area contributed by atoms with Crippen molar-refractivity contribution in [3.8, 4) is 0 Å². The van der Waals surface area contributed by atoms with Gasteiger partial charge in [0.1, 0.15) is 0 Å². The quantitative estimate of drug-likeness (QED) is 0.802. The summed E-state index contributed by atoms with van der Waals surface area (Å²) in [5.74, 6) is 0.429. The highest BCUT2D eigenvalue weighted by atomic mass is 16.2. The van der Waals surface area contributed by atoms with Crippen molar-refractivity contribution >= 4 is 11.9 Å². The molecule has 2 heterocycles. The van der Waals surface area contributed by atoms with E-state index >= 15 is 0 Å². The Bertz CT molecular complexity index is 412. The predicted octanol–water partition coefficient (Wildman–Crippen LogP) is 1.03. The summed E-state index contributed by atoms with van der Waals surface area (Å²) in [4.78, 5) is 20.4. The van der Waals surface area contributed by atoms with Gasteiger partial charge in [-0.3, -0.25) is 10.1 Å². The molecule has 1 fully saturated rings. The number of rotatable bonds is 2. The van der Waals surface area contributed by atoms with E-state index in [-0.39, 0.29) is 17.9 Å². The Hall–Kier alpha value is -1.49. The van der Waals surface area contributed by atoms with Crippen LogP contribution in [0.5, 0.6) is 0 Å². The fourth-order valence-electron chi connectivity index (χ4n) is 2.20. The van der Waals surface area contributed by atoms with Gasteiger partial charge in [0.25, 0.3) is 0 Å². The van der Waals surface area contributed by atoms with Crippen LogP contribution in [0.2, 0.25) is 0 Å². The predicted molar refractivity (Wildman–Crippen MR) is 65.7 cm³/mol. The third-order valence-electron chi connectivity index (χ3n) is 3.08. The lowest BCUT2D eigenvalue weighted by Gasteiger charge is -2.14. The minimum atomic E-state index is 0.00694. The van der Waals surface area contributed by atoms with Gasteiger partial charge in [-0.1, -0.05) is 0 Å². The van der Waals surface area contributed by atoms with E-state index in [0.29, 0.717) is 5.95 Å². The van der Waals surface area contributed by atoms with Gasteiger partial charge in [-0.15, -0.1) is 0 Å². The second kappa shape index (κ2) is 4.79. The number of amides is 1. The Labute approximate surface area is 101 Å². The summed E-state index contributed by atoms with van der Waals surface area (Å²) in [5, 5.41) is 6.05. The maximum atomic E-state index is 12.0. The van der Waals surface area contributed by atoms with E-state index in [4.69, 9.17) is 0 Å². The van der Waals surface area contributed by atoms with Crippen molar-refractivity contribution < 1.29 is 4.79 Å². The van der Waals surface area contributed by atoms with Crippen LogP contribution in [0.15, 0.2) is 6.07 Å². The van der Waals surface area contributed by atoms with Gasteiger partial charge >= 0.3 is 0 Å². The smallest absolute Gasteiger partial charge is 0.231 e. The Morgan fingerprint density at radius 1 is 1.41 bits per heavy atom. The summed E-state index contributed by atoms with van der Waals surface area (Å²) >= 11 is 0. The first kappa shape index (κ1) is 12.0. The second-order valence-electron chi connectivity index (χ2n) is 4.60. The first-order valence-corrected chi connectivity index (χ1v) is 5.93. The lowest BCUT2D eigenvalue weighted by atomic mass is 10.0. The molecule has 2 atom stereocenters.